The summed E-state index contributed by atoms with van der Waals surface area (Å²) in [6, 6.07) is 8.95. The van der Waals surface area contributed by atoms with Crippen molar-refractivity contribution in [3.63, 3.8) is 0 Å². The number of para-hydroxylation sites is 2. The van der Waals surface area contributed by atoms with Crippen LogP contribution in [-0.2, 0) is 0 Å². The van der Waals surface area contributed by atoms with Crippen LogP contribution in [0.25, 0.3) is 11.0 Å². The maximum Gasteiger partial charge on any atom is 0.124 e. The van der Waals surface area contributed by atoms with Gasteiger partial charge in [0.2, 0.25) is 0 Å². The lowest BCUT2D eigenvalue weighted by atomic mass is 10.0. The first kappa shape index (κ1) is 14.1. The Morgan fingerprint density at radius 2 is 1.84 bits per heavy atom. The van der Waals surface area contributed by atoms with Crippen molar-refractivity contribution >= 4 is 11.0 Å². The highest BCUT2D eigenvalue weighted by Gasteiger charge is 2.13. The first-order valence-corrected chi connectivity index (χ1v) is 7.27. The molecule has 1 aromatic heterocycles. The molecule has 0 aliphatic carbocycles. The highest BCUT2D eigenvalue weighted by molar-refractivity contribution is 5.74. The van der Waals surface area contributed by atoms with Crippen LogP contribution in [0.2, 0.25) is 0 Å². The molecule has 19 heavy (non-hydrogen) atoms. The van der Waals surface area contributed by atoms with Crippen LogP contribution in [0.3, 0.4) is 0 Å². The summed E-state index contributed by atoms with van der Waals surface area (Å²) in [4.78, 5) is 8.03. The van der Waals surface area contributed by atoms with E-state index in [0.29, 0.717) is 6.04 Å². The first-order valence-electron chi connectivity index (χ1n) is 7.27. The van der Waals surface area contributed by atoms with Crippen molar-refractivity contribution in [2.45, 2.75) is 52.6 Å². The fraction of sp³-hybridized carbons (Fsp3) is 0.562. The van der Waals surface area contributed by atoms with Crippen LogP contribution in [-0.4, -0.2) is 16.0 Å². The standard InChI is InChI=1S/C16H25N3/c1-11(2)9-10-12(3)17-13(4)16-18-14-7-5-6-8-15(14)19-16/h5-8,11-13,17H,9-10H2,1-4H3,(H,18,19). The van der Waals surface area contributed by atoms with Crippen molar-refractivity contribution in [1.82, 2.24) is 15.3 Å². The van der Waals surface area contributed by atoms with E-state index in [1.54, 1.807) is 0 Å². The number of imidazole rings is 1. The van der Waals surface area contributed by atoms with Gasteiger partial charge < -0.3 is 10.3 Å². The Kier molecular flexibility index (Phi) is 4.59. The monoisotopic (exact) mass is 259 g/mol. The quantitative estimate of drug-likeness (QED) is 0.822. The Bertz CT molecular complexity index is 482. The van der Waals surface area contributed by atoms with E-state index in [1.165, 1.54) is 12.8 Å². The third-order valence-corrected chi connectivity index (χ3v) is 3.53. The Hall–Kier alpha value is -1.35. The number of hydrogen-bond donors (Lipinski definition) is 2. The number of aromatic amines is 1. The maximum absolute atomic E-state index is 4.64. The second-order valence-electron chi connectivity index (χ2n) is 5.90. The molecule has 104 valence electrons. The summed E-state index contributed by atoms with van der Waals surface area (Å²) < 4.78 is 0. The van der Waals surface area contributed by atoms with Gasteiger partial charge in [0, 0.05) is 6.04 Å². The Morgan fingerprint density at radius 1 is 1.11 bits per heavy atom. The largest absolute Gasteiger partial charge is 0.341 e. The van der Waals surface area contributed by atoms with E-state index in [1.807, 2.05) is 18.2 Å². The van der Waals surface area contributed by atoms with Crippen molar-refractivity contribution < 1.29 is 0 Å². The highest BCUT2D eigenvalue weighted by Crippen LogP contribution is 2.17. The molecule has 3 heteroatoms. The van der Waals surface area contributed by atoms with E-state index in [4.69, 9.17) is 0 Å². The van der Waals surface area contributed by atoms with Gasteiger partial charge in [0.05, 0.1) is 17.1 Å². The van der Waals surface area contributed by atoms with Crippen LogP contribution in [0.4, 0.5) is 0 Å². The smallest absolute Gasteiger partial charge is 0.124 e. The van der Waals surface area contributed by atoms with Gasteiger partial charge >= 0.3 is 0 Å². The van der Waals surface area contributed by atoms with Gasteiger partial charge in [-0.3, -0.25) is 0 Å². The van der Waals surface area contributed by atoms with Gasteiger partial charge in [-0.1, -0.05) is 26.0 Å². The second-order valence-corrected chi connectivity index (χ2v) is 5.90. The van der Waals surface area contributed by atoms with Gasteiger partial charge in [0.15, 0.2) is 0 Å². The molecule has 0 aliphatic heterocycles. The second kappa shape index (κ2) is 6.20. The molecule has 0 amide bonds. The van der Waals surface area contributed by atoms with E-state index < -0.39 is 0 Å². The molecule has 0 radical (unpaired) electrons. The maximum atomic E-state index is 4.64. The summed E-state index contributed by atoms with van der Waals surface area (Å²) in [6.07, 6.45) is 2.48. The molecule has 0 saturated carbocycles. The lowest BCUT2D eigenvalue weighted by Crippen LogP contribution is -2.29. The highest BCUT2D eigenvalue weighted by atomic mass is 15.0. The van der Waals surface area contributed by atoms with Gasteiger partial charge in [0.1, 0.15) is 5.82 Å². The molecule has 2 atom stereocenters. The van der Waals surface area contributed by atoms with Gasteiger partial charge in [-0.05, 0) is 44.7 Å². The van der Waals surface area contributed by atoms with Crippen LogP contribution < -0.4 is 5.32 Å². The summed E-state index contributed by atoms with van der Waals surface area (Å²) >= 11 is 0. The number of rotatable bonds is 6. The van der Waals surface area contributed by atoms with Gasteiger partial charge in [-0.15, -0.1) is 0 Å². The topological polar surface area (TPSA) is 40.7 Å². The van der Waals surface area contributed by atoms with Crippen LogP contribution in [0.15, 0.2) is 24.3 Å². The zero-order valence-electron chi connectivity index (χ0n) is 12.4. The zero-order valence-corrected chi connectivity index (χ0v) is 12.4. The first-order chi connectivity index (χ1) is 9.06. The summed E-state index contributed by atoms with van der Waals surface area (Å²) in [5, 5.41) is 3.62. The molecule has 1 aromatic carbocycles. The molecule has 0 saturated heterocycles. The lowest BCUT2D eigenvalue weighted by Gasteiger charge is -2.19. The number of nitrogens with zero attached hydrogens (tertiary/aromatic N) is 1. The number of H-pyrrole nitrogens is 1. The molecular formula is C16H25N3. The average Bonchev–Trinajstić information content (AvgIpc) is 2.80. The molecule has 2 N–H and O–H groups in total. The molecule has 3 nitrogen and oxygen atoms in total. The van der Waals surface area contributed by atoms with Crippen molar-refractivity contribution in [2.75, 3.05) is 0 Å². The Morgan fingerprint density at radius 3 is 2.53 bits per heavy atom. The number of nitrogens with one attached hydrogen (secondary N) is 2. The molecule has 0 fully saturated rings. The van der Waals surface area contributed by atoms with Crippen molar-refractivity contribution in [1.29, 1.82) is 0 Å². The van der Waals surface area contributed by atoms with E-state index in [-0.39, 0.29) is 6.04 Å². The molecule has 0 spiro atoms. The zero-order chi connectivity index (χ0) is 13.8. The lowest BCUT2D eigenvalue weighted by molar-refractivity contribution is 0.410. The van der Waals surface area contributed by atoms with Crippen LogP contribution in [0, 0.1) is 5.92 Å². The molecule has 2 unspecified atom stereocenters. The van der Waals surface area contributed by atoms with E-state index >= 15 is 0 Å². The summed E-state index contributed by atoms with van der Waals surface area (Å²) in [5.74, 6) is 1.79. The number of fused-ring (bicyclic) bond motifs is 1. The molecular weight excluding hydrogens is 234 g/mol. The summed E-state index contributed by atoms with van der Waals surface area (Å²) in [7, 11) is 0. The fourth-order valence-electron chi connectivity index (χ4n) is 2.35. The van der Waals surface area contributed by atoms with Gasteiger partial charge in [-0.2, -0.15) is 0 Å². The van der Waals surface area contributed by atoms with Gasteiger partial charge in [-0.25, -0.2) is 4.98 Å². The van der Waals surface area contributed by atoms with Crippen LogP contribution >= 0.6 is 0 Å². The van der Waals surface area contributed by atoms with Gasteiger partial charge in [0.25, 0.3) is 0 Å². The Labute approximate surface area is 115 Å². The minimum absolute atomic E-state index is 0.259. The molecule has 2 rings (SSSR count). The number of benzene rings is 1. The van der Waals surface area contributed by atoms with E-state index in [0.717, 1.165) is 22.8 Å². The third kappa shape index (κ3) is 3.80. The molecule has 0 bridgehead atoms. The molecule has 0 aliphatic rings. The van der Waals surface area contributed by atoms with Crippen molar-refractivity contribution in [3.05, 3.63) is 30.1 Å². The Balaban J connectivity index is 1.97. The number of aromatic nitrogens is 2. The predicted molar refractivity (Wildman–Crippen MR) is 81.2 cm³/mol. The minimum Gasteiger partial charge on any atom is -0.341 e. The summed E-state index contributed by atoms with van der Waals surface area (Å²) in [5.41, 5.74) is 2.15. The fourth-order valence-corrected chi connectivity index (χ4v) is 2.35. The SMILES string of the molecule is CC(C)CCC(C)NC(C)c1nc2ccccc2[nH]1. The normalized spacial score (nSPS) is 15.0. The summed E-state index contributed by atoms with van der Waals surface area (Å²) in [6.45, 7) is 8.97. The molecule has 2 aromatic rings. The number of hydrogen-bond acceptors (Lipinski definition) is 2. The third-order valence-electron chi connectivity index (χ3n) is 3.53. The van der Waals surface area contributed by atoms with E-state index in [9.17, 15) is 0 Å². The van der Waals surface area contributed by atoms with Crippen molar-refractivity contribution in [2.24, 2.45) is 5.92 Å². The predicted octanol–water partition coefficient (Wildman–Crippen LogP) is 4.04. The van der Waals surface area contributed by atoms with Crippen molar-refractivity contribution in [3.8, 4) is 0 Å². The van der Waals surface area contributed by atoms with Crippen LogP contribution in [0.1, 0.15) is 52.4 Å². The average molecular weight is 259 g/mol. The van der Waals surface area contributed by atoms with E-state index in [2.05, 4.69) is 49.0 Å². The van der Waals surface area contributed by atoms with Crippen LogP contribution in [0.5, 0.6) is 0 Å². The minimum atomic E-state index is 0.259. The molecule has 1 heterocycles.